The van der Waals surface area contributed by atoms with Gasteiger partial charge in [-0.25, -0.2) is 4.79 Å². The molecule has 2 aliphatic rings. The minimum absolute atomic E-state index is 0.0659. The van der Waals surface area contributed by atoms with Crippen LogP contribution < -0.4 is 15.8 Å². The van der Waals surface area contributed by atoms with Crippen molar-refractivity contribution in [3.05, 3.63) is 94.0 Å². The van der Waals surface area contributed by atoms with Crippen LogP contribution in [-0.4, -0.2) is 51.6 Å². The van der Waals surface area contributed by atoms with Crippen molar-refractivity contribution in [1.29, 1.82) is 0 Å². The van der Waals surface area contributed by atoms with E-state index in [1.165, 1.54) is 6.07 Å². The van der Waals surface area contributed by atoms with Gasteiger partial charge < -0.3 is 15.2 Å². The van der Waals surface area contributed by atoms with Gasteiger partial charge in [0.1, 0.15) is 5.69 Å². The number of carbonyl (C=O) groups is 2. The Kier molecular flexibility index (Phi) is 5.53. The summed E-state index contributed by atoms with van der Waals surface area (Å²) in [5.74, 6) is -0.197. The molecule has 0 unspecified atom stereocenters. The third-order valence-electron chi connectivity index (χ3n) is 7.03. The first-order valence-electron chi connectivity index (χ1n) is 11.9. The summed E-state index contributed by atoms with van der Waals surface area (Å²) < 4.78 is 1.56. The van der Waals surface area contributed by atoms with Gasteiger partial charge in [-0.05, 0) is 67.4 Å². The molecular formula is C27H24ClN5O3. The first kappa shape index (κ1) is 22.4. The van der Waals surface area contributed by atoms with Gasteiger partial charge in [-0.2, -0.15) is 0 Å². The number of urea groups is 1. The molecule has 2 aromatic carbocycles. The zero-order valence-corrected chi connectivity index (χ0v) is 20.1. The highest BCUT2D eigenvalue weighted by atomic mass is 35.5. The Balaban J connectivity index is 1.20. The van der Waals surface area contributed by atoms with Crippen molar-refractivity contribution in [1.82, 2.24) is 19.8 Å². The van der Waals surface area contributed by atoms with E-state index in [0.29, 0.717) is 23.8 Å². The van der Waals surface area contributed by atoms with Crippen LogP contribution in [-0.2, 0) is 0 Å². The summed E-state index contributed by atoms with van der Waals surface area (Å²) in [6, 6.07) is 19.3. The summed E-state index contributed by atoms with van der Waals surface area (Å²) in [7, 11) is 0. The predicted molar refractivity (Wildman–Crippen MR) is 139 cm³/mol. The molecule has 0 spiro atoms. The molecule has 36 heavy (non-hydrogen) atoms. The van der Waals surface area contributed by atoms with E-state index in [1.807, 2.05) is 41.3 Å². The Bertz CT molecular complexity index is 1530. The van der Waals surface area contributed by atoms with Gasteiger partial charge in [-0.1, -0.05) is 17.7 Å². The normalized spacial score (nSPS) is 19.5. The fourth-order valence-electron chi connectivity index (χ4n) is 5.23. The second kappa shape index (κ2) is 8.87. The van der Waals surface area contributed by atoms with Crippen molar-refractivity contribution < 1.29 is 9.59 Å². The van der Waals surface area contributed by atoms with Gasteiger partial charge >= 0.3 is 6.03 Å². The second-order valence-corrected chi connectivity index (χ2v) is 9.65. The van der Waals surface area contributed by atoms with E-state index in [2.05, 4.69) is 10.3 Å². The number of halogens is 1. The molecule has 2 aliphatic heterocycles. The van der Waals surface area contributed by atoms with Crippen LogP contribution in [0.5, 0.6) is 0 Å². The van der Waals surface area contributed by atoms with Crippen molar-refractivity contribution in [2.75, 3.05) is 18.0 Å². The Morgan fingerprint density at radius 1 is 1.00 bits per heavy atom. The molecule has 2 N–H and O–H groups in total. The number of H-pyrrole nitrogens is 1. The van der Waals surface area contributed by atoms with Gasteiger partial charge in [-0.15, -0.1) is 0 Å². The number of pyridine rings is 1. The number of aromatic amines is 1. The topological polar surface area (TPSA) is 90.4 Å². The fraction of sp³-hybridized carbons (Fsp3) is 0.222. The molecule has 9 heteroatoms. The number of nitrogens with one attached hydrogen (secondary N) is 2. The number of amides is 3. The van der Waals surface area contributed by atoms with Crippen molar-refractivity contribution in [3.8, 4) is 5.69 Å². The molecule has 182 valence electrons. The number of nitrogens with zero attached hydrogens (tertiary/aromatic N) is 3. The Morgan fingerprint density at radius 2 is 1.81 bits per heavy atom. The second-order valence-electron chi connectivity index (χ2n) is 9.22. The molecule has 3 amide bonds. The molecule has 2 fully saturated rings. The van der Waals surface area contributed by atoms with Crippen LogP contribution in [0.25, 0.3) is 16.6 Å². The summed E-state index contributed by atoms with van der Waals surface area (Å²) >= 11 is 6.08. The van der Waals surface area contributed by atoms with Gasteiger partial charge in [0.05, 0.1) is 18.6 Å². The lowest BCUT2D eigenvalue weighted by molar-refractivity contribution is 0.0883. The summed E-state index contributed by atoms with van der Waals surface area (Å²) in [6.45, 7) is 1.14. The molecule has 0 radical (unpaired) electrons. The maximum absolute atomic E-state index is 13.3. The van der Waals surface area contributed by atoms with Crippen LogP contribution in [0.2, 0.25) is 5.02 Å². The molecule has 8 nitrogen and oxygen atoms in total. The van der Waals surface area contributed by atoms with Crippen LogP contribution >= 0.6 is 11.6 Å². The first-order chi connectivity index (χ1) is 17.5. The van der Waals surface area contributed by atoms with Gasteiger partial charge in [0.15, 0.2) is 0 Å². The monoisotopic (exact) mass is 501 g/mol. The lowest BCUT2D eigenvalue weighted by atomic mass is 9.97. The minimum Gasteiger partial charge on any atom is -0.351 e. The van der Waals surface area contributed by atoms with E-state index >= 15 is 0 Å². The van der Waals surface area contributed by atoms with E-state index in [9.17, 15) is 14.4 Å². The Labute approximate surface area is 212 Å². The molecule has 2 atom stereocenters. The number of carbonyl (C=O) groups excluding carboxylic acids is 2. The number of aromatic nitrogens is 2. The largest absolute Gasteiger partial charge is 0.351 e. The summed E-state index contributed by atoms with van der Waals surface area (Å²) in [4.78, 5) is 45.2. The highest BCUT2D eigenvalue weighted by Gasteiger charge is 2.44. The smallest absolute Gasteiger partial charge is 0.324 e. The average Bonchev–Trinajstić information content (AvgIpc) is 3.46. The van der Waals surface area contributed by atoms with Crippen molar-refractivity contribution >= 4 is 40.1 Å². The van der Waals surface area contributed by atoms with Crippen molar-refractivity contribution in [2.45, 2.75) is 24.9 Å². The number of fused-ring (bicyclic) bond motifs is 2. The number of hydrogen-bond donors (Lipinski definition) is 2. The maximum atomic E-state index is 13.3. The van der Waals surface area contributed by atoms with Gasteiger partial charge in [-0.3, -0.25) is 19.1 Å². The van der Waals surface area contributed by atoms with Crippen LogP contribution in [0.15, 0.2) is 77.7 Å². The molecule has 0 saturated carbocycles. The van der Waals surface area contributed by atoms with E-state index in [0.717, 1.165) is 35.1 Å². The van der Waals surface area contributed by atoms with E-state index in [1.54, 1.807) is 39.9 Å². The quantitative estimate of drug-likeness (QED) is 0.439. The SMILES string of the molecule is O=C(N[C@@H]1CCCN2C(=O)N(c3ccc(-n4ccccc4=O)cc3)C[C@H]12)c1cc2cc(Cl)ccc2[nH]1. The number of rotatable bonds is 4. The van der Waals surface area contributed by atoms with Crippen LogP contribution in [0.1, 0.15) is 23.3 Å². The molecule has 6 rings (SSSR count). The molecule has 4 heterocycles. The molecule has 0 aliphatic carbocycles. The highest BCUT2D eigenvalue weighted by molar-refractivity contribution is 6.31. The number of hydrogen-bond acceptors (Lipinski definition) is 3. The Hall–Kier alpha value is -4.04. The number of anilines is 1. The first-order valence-corrected chi connectivity index (χ1v) is 12.3. The minimum atomic E-state index is -0.197. The predicted octanol–water partition coefficient (Wildman–Crippen LogP) is 4.18. The maximum Gasteiger partial charge on any atom is 0.324 e. The van der Waals surface area contributed by atoms with Crippen LogP contribution in [0.3, 0.4) is 0 Å². The van der Waals surface area contributed by atoms with Crippen molar-refractivity contribution in [3.63, 3.8) is 0 Å². The molecular weight excluding hydrogens is 478 g/mol. The number of benzene rings is 2. The van der Waals surface area contributed by atoms with Crippen LogP contribution in [0, 0.1) is 0 Å². The highest BCUT2D eigenvalue weighted by Crippen LogP contribution is 2.30. The van der Waals surface area contributed by atoms with Crippen molar-refractivity contribution in [2.24, 2.45) is 0 Å². The third-order valence-corrected chi connectivity index (χ3v) is 7.27. The molecule has 0 bridgehead atoms. The van der Waals surface area contributed by atoms with Gasteiger partial charge in [0.2, 0.25) is 0 Å². The number of piperidine rings is 1. The average molecular weight is 502 g/mol. The van der Waals surface area contributed by atoms with Gasteiger partial charge in [0.25, 0.3) is 11.5 Å². The molecule has 2 aromatic heterocycles. The summed E-state index contributed by atoms with van der Waals surface area (Å²) in [5.41, 5.74) is 2.70. The molecule has 4 aromatic rings. The lowest BCUT2D eigenvalue weighted by Gasteiger charge is -2.35. The van der Waals surface area contributed by atoms with Crippen LogP contribution in [0.4, 0.5) is 10.5 Å². The summed E-state index contributed by atoms with van der Waals surface area (Å²) in [6.07, 6.45) is 3.34. The van der Waals surface area contributed by atoms with Gasteiger partial charge in [0, 0.05) is 46.1 Å². The molecule has 2 saturated heterocycles. The zero-order chi connectivity index (χ0) is 24.8. The fourth-order valence-corrected chi connectivity index (χ4v) is 5.41. The third kappa shape index (κ3) is 3.93. The summed E-state index contributed by atoms with van der Waals surface area (Å²) in [5, 5.41) is 4.64. The Morgan fingerprint density at radius 3 is 2.61 bits per heavy atom. The zero-order valence-electron chi connectivity index (χ0n) is 19.4. The van der Waals surface area contributed by atoms with E-state index in [4.69, 9.17) is 11.6 Å². The standard InChI is InChI=1S/C27H24ClN5O3/c28-18-6-11-21-17(14-18)15-23(29-21)26(35)30-22-4-3-13-32-24(22)16-33(27(32)36)20-9-7-19(8-10-20)31-12-2-1-5-25(31)34/h1-2,5-12,14-15,22,24,29H,3-4,13,16H2,(H,30,35)/t22-,24-/m1/s1. The van der Waals surface area contributed by atoms with E-state index in [-0.39, 0.29) is 29.6 Å². The van der Waals surface area contributed by atoms with E-state index < -0.39 is 0 Å². The lowest BCUT2D eigenvalue weighted by Crippen LogP contribution is -2.54.